The summed E-state index contributed by atoms with van der Waals surface area (Å²) in [6.45, 7) is 3.48. The Morgan fingerprint density at radius 1 is 1.28 bits per heavy atom. The number of ether oxygens (including phenoxy) is 2. The Labute approximate surface area is 169 Å². The zero-order valence-corrected chi connectivity index (χ0v) is 16.8. The van der Waals surface area contributed by atoms with Crippen LogP contribution in [0.2, 0.25) is 5.02 Å². The van der Waals surface area contributed by atoms with E-state index in [1.165, 1.54) is 18.2 Å². The molecule has 10 nitrogen and oxygen atoms in total. The molecular formula is C16H15ClFN5O5S. The zero-order valence-electron chi connectivity index (χ0n) is 15.2. The number of aromatic nitrogens is 4. The van der Waals surface area contributed by atoms with Gasteiger partial charge in [-0.3, -0.25) is 4.72 Å². The maximum absolute atomic E-state index is 13.6. The average Bonchev–Trinajstić information content (AvgIpc) is 3.09. The molecule has 0 radical (unpaired) electrons. The van der Waals surface area contributed by atoms with Crippen LogP contribution >= 0.6 is 11.6 Å². The highest BCUT2D eigenvalue weighted by Crippen LogP contribution is 2.29. The molecule has 1 N–H and O–H groups in total. The molecule has 0 atom stereocenters. The zero-order chi connectivity index (χ0) is 21.2. The Hall–Kier alpha value is -2.99. The summed E-state index contributed by atoms with van der Waals surface area (Å²) in [5, 5.41) is 3.09. The van der Waals surface area contributed by atoms with Gasteiger partial charge in [-0.15, -0.1) is 5.10 Å². The number of rotatable bonds is 7. The Bertz CT molecular complexity index is 1180. The molecule has 3 rings (SSSR count). The number of nitrogens with one attached hydrogen (secondary N) is 1. The Morgan fingerprint density at radius 2 is 2.03 bits per heavy atom. The molecule has 29 heavy (non-hydrogen) atoms. The quantitative estimate of drug-likeness (QED) is 0.435. The lowest BCUT2D eigenvalue weighted by Gasteiger charge is -2.12. The van der Waals surface area contributed by atoms with Crippen LogP contribution in [0.15, 0.2) is 29.4 Å². The lowest BCUT2D eigenvalue weighted by Crippen LogP contribution is -2.18. The van der Waals surface area contributed by atoms with Crippen LogP contribution < -0.4 is 9.46 Å². The standard InChI is InChI=1S/C16H15ClFN5O5S/c1-3-27-14(24)9-6-5-7-10(17)13(9)22-29(25,26)15-20-12-8-11(18)19-16(28-4-2)23(12)21-15/h5-8,22H,3-4H2,1-2H3. The fraction of sp³-hybridized carbons (Fsp3) is 0.250. The number of para-hydroxylation sites is 1. The van der Waals surface area contributed by atoms with Crippen molar-refractivity contribution in [3.63, 3.8) is 0 Å². The fourth-order valence-electron chi connectivity index (χ4n) is 2.34. The van der Waals surface area contributed by atoms with Gasteiger partial charge < -0.3 is 9.47 Å². The maximum atomic E-state index is 13.6. The molecule has 0 saturated heterocycles. The minimum Gasteiger partial charge on any atom is -0.464 e. The molecule has 0 fully saturated rings. The van der Waals surface area contributed by atoms with Crippen LogP contribution in [0.1, 0.15) is 24.2 Å². The van der Waals surface area contributed by atoms with E-state index >= 15 is 0 Å². The molecule has 0 aliphatic rings. The van der Waals surface area contributed by atoms with E-state index in [4.69, 9.17) is 21.1 Å². The van der Waals surface area contributed by atoms with Gasteiger partial charge in [0.25, 0.3) is 15.2 Å². The van der Waals surface area contributed by atoms with E-state index in [0.29, 0.717) is 0 Å². The van der Waals surface area contributed by atoms with Crippen molar-refractivity contribution in [2.75, 3.05) is 17.9 Å². The van der Waals surface area contributed by atoms with Gasteiger partial charge in [0.15, 0.2) is 5.65 Å². The van der Waals surface area contributed by atoms with Crippen molar-refractivity contribution < 1.29 is 27.1 Å². The summed E-state index contributed by atoms with van der Waals surface area (Å²) in [6.07, 6.45) is 0. The minimum absolute atomic E-state index is 0.0365. The van der Waals surface area contributed by atoms with E-state index in [0.717, 1.165) is 10.6 Å². The molecule has 0 aliphatic carbocycles. The lowest BCUT2D eigenvalue weighted by atomic mass is 10.2. The third-order valence-electron chi connectivity index (χ3n) is 3.50. The molecule has 0 aliphatic heterocycles. The summed E-state index contributed by atoms with van der Waals surface area (Å²) < 4.78 is 52.4. The van der Waals surface area contributed by atoms with Crippen molar-refractivity contribution in [1.29, 1.82) is 0 Å². The van der Waals surface area contributed by atoms with Crippen LogP contribution in [-0.4, -0.2) is 47.2 Å². The maximum Gasteiger partial charge on any atom is 0.340 e. The van der Waals surface area contributed by atoms with E-state index < -0.39 is 27.1 Å². The van der Waals surface area contributed by atoms with Gasteiger partial charge in [0, 0.05) is 6.07 Å². The van der Waals surface area contributed by atoms with Crippen molar-refractivity contribution in [2.24, 2.45) is 0 Å². The van der Waals surface area contributed by atoms with Crippen LogP contribution in [-0.2, 0) is 14.8 Å². The number of fused-ring (bicyclic) bond motifs is 1. The summed E-state index contributed by atoms with van der Waals surface area (Å²) in [5.41, 5.74) is -0.415. The van der Waals surface area contributed by atoms with E-state index in [1.54, 1.807) is 13.8 Å². The number of esters is 1. The molecule has 13 heteroatoms. The Kier molecular flexibility index (Phi) is 5.84. The highest BCUT2D eigenvalue weighted by molar-refractivity contribution is 7.92. The van der Waals surface area contributed by atoms with E-state index in [1.807, 2.05) is 0 Å². The number of carbonyl (C=O) groups is 1. The lowest BCUT2D eigenvalue weighted by molar-refractivity contribution is 0.0527. The van der Waals surface area contributed by atoms with Crippen LogP contribution in [0.4, 0.5) is 10.1 Å². The second kappa shape index (κ2) is 8.17. The van der Waals surface area contributed by atoms with Gasteiger partial charge in [-0.25, -0.2) is 4.79 Å². The number of carbonyl (C=O) groups excluding carboxylic acids is 1. The molecule has 2 heterocycles. The van der Waals surface area contributed by atoms with Crippen molar-refractivity contribution in [3.8, 4) is 6.01 Å². The van der Waals surface area contributed by atoms with Gasteiger partial charge in [-0.2, -0.15) is 27.3 Å². The summed E-state index contributed by atoms with van der Waals surface area (Å²) in [7, 11) is -4.40. The minimum atomic E-state index is -4.40. The van der Waals surface area contributed by atoms with Gasteiger partial charge in [0.05, 0.1) is 29.5 Å². The predicted octanol–water partition coefficient (Wildman–Crippen LogP) is 2.29. The molecule has 1 aromatic carbocycles. The van der Waals surface area contributed by atoms with Gasteiger partial charge >= 0.3 is 12.0 Å². The number of hydrogen-bond acceptors (Lipinski definition) is 8. The Balaban J connectivity index is 2.05. The average molecular weight is 444 g/mol. The van der Waals surface area contributed by atoms with Gasteiger partial charge in [0.1, 0.15) is 0 Å². The molecule has 0 spiro atoms. The largest absolute Gasteiger partial charge is 0.464 e. The van der Waals surface area contributed by atoms with E-state index in [-0.39, 0.29) is 41.1 Å². The predicted molar refractivity (Wildman–Crippen MR) is 100 cm³/mol. The molecule has 0 bridgehead atoms. The topological polar surface area (TPSA) is 125 Å². The van der Waals surface area contributed by atoms with Gasteiger partial charge in [-0.05, 0) is 26.0 Å². The van der Waals surface area contributed by atoms with Crippen molar-refractivity contribution in [1.82, 2.24) is 19.6 Å². The summed E-state index contributed by atoms with van der Waals surface area (Å²) in [4.78, 5) is 19.4. The number of nitrogens with zero attached hydrogens (tertiary/aromatic N) is 4. The van der Waals surface area contributed by atoms with Crippen molar-refractivity contribution in [2.45, 2.75) is 19.0 Å². The van der Waals surface area contributed by atoms with E-state index in [2.05, 4.69) is 19.8 Å². The number of sulfonamides is 1. The van der Waals surface area contributed by atoms with Crippen molar-refractivity contribution in [3.05, 3.63) is 40.8 Å². The molecule has 0 saturated carbocycles. The third kappa shape index (κ3) is 4.22. The number of anilines is 1. The first-order chi connectivity index (χ1) is 13.8. The van der Waals surface area contributed by atoms with Crippen LogP contribution in [0.3, 0.4) is 0 Å². The smallest absolute Gasteiger partial charge is 0.340 e. The summed E-state index contributed by atoms with van der Waals surface area (Å²) in [5.74, 6) is -1.68. The van der Waals surface area contributed by atoms with Crippen LogP contribution in [0.25, 0.3) is 5.65 Å². The highest BCUT2D eigenvalue weighted by atomic mass is 35.5. The van der Waals surface area contributed by atoms with E-state index in [9.17, 15) is 17.6 Å². The molecular weight excluding hydrogens is 429 g/mol. The molecule has 0 amide bonds. The van der Waals surface area contributed by atoms with Crippen LogP contribution in [0, 0.1) is 5.95 Å². The molecule has 2 aromatic heterocycles. The number of benzene rings is 1. The van der Waals surface area contributed by atoms with Gasteiger partial charge in [-0.1, -0.05) is 17.7 Å². The summed E-state index contributed by atoms with van der Waals surface area (Å²) in [6, 6.07) is 4.85. The second-order valence-electron chi connectivity index (χ2n) is 5.45. The third-order valence-corrected chi connectivity index (χ3v) is 4.95. The fourth-order valence-corrected chi connectivity index (χ4v) is 3.60. The normalized spacial score (nSPS) is 11.4. The monoisotopic (exact) mass is 443 g/mol. The first-order valence-electron chi connectivity index (χ1n) is 8.31. The highest BCUT2D eigenvalue weighted by Gasteiger charge is 2.26. The second-order valence-corrected chi connectivity index (χ2v) is 7.43. The number of hydrogen-bond donors (Lipinski definition) is 1. The van der Waals surface area contributed by atoms with Crippen LogP contribution in [0.5, 0.6) is 6.01 Å². The molecule has 0 unspecified atom stereocenters. The van der Waals surface area contributed by atoms with Gasteiger partial charge in [0.2, 0.25) is 5.95 Å². The first-order valence-corrected chi connectivity index (χ1v) is 10.2. The molecule has 154 valence electrons. The molecule has 3 aromatic rings. The summed E-state index contributed by atoms with van der Waals surface area (Å²) >= 11 is 6.07. The SMILES string of the molecule is CCOC(=O)c1cccc(Cl)c1NS(=O)(=O)c1nc2cc(F)nc(OCC)n2n1. The number of halogens is 2. The van der Waals surface area contributed by atoms with Crippen molar-refractivity contribution >= 4 is 38.9 Å². The first kappa shape index (κ1) is 20.7. The Morgan fingerprint density at radius 3 is 2.72 bits per heavy atom.